The van der Waals surface area contributed by atoms with E-state index in [1.807, 2.05) is 37.3 Å². The zero-order chi connectivity index (χ0) is 17.9. The standard InChI is InChI=1S/C21H19N3OS/c1-14-23-20(22-12-15-6-4-3-5-7-15)19-18(13-26-21(19)24-14)16-8-10-17(25-2)11-9-16/h3-11,13H,12H2,1-2H3,(H,22,23,24). The van der Waals surface area contributed by atoms with Crippen molar-refractivity contribution in [2.75, 3.05) is 12.4 Å². The first-order valence-electron chi connectivity index (χ1n) is 8.42. The van der Waals surface area contributed by atoms with E-state index < -0.39 is 0 Å². The quantitative estimate of drug-likeness (QED) is 0.525. The van der Waals surface area contributed by atoms with Gasteiger partial charge in [0.1, 0.15) is 22.2 Å². The molecule has 0 saturated heterocycles. The number of hydrogen-bond donors (Lipinski definition) is 1. The van der Waals surface area contributed by atoms with Crippen LogP contribution in [-0.4, -0.2) is 17.1 Å². The summed E-state index contributed by atoms with van der Waals surface area (Å²) in [7, 11) is 1.68. The Balaban J connectivity index is 1.75. The van der Waals surface area contributed by atoms with Crippen molar-refractivity contribution in [3.8, 4) is 16.9 Å². The van der Waals surface area contributed by atoms with Crippen LogP contribution in [0.15, 0.2) is 60.0 Å². The first kappa shape index (κ1) is 16.5. The van der Waals surface area contributed by atoms with Crippen LogP contribution in [0.4, 0.5) is 5.82 Å². The molecule has 0 unspecified atom stereocenters. The SMILES string of the molecule is COc1ccc(-c2csc3nc(C)nc(NCc4ccccc4)c23)cc1. The van der Waals surface area contributed by atoms with Crippen molar-refractivity contribution in [3.63, 3.8) is 0 Å². The maximum Gasteiger partial charge on any atom is 0.139 e. The molecule has 2 aromatic heterocycles. The second-order valence-corrected chi connectivity index (χ2v) is 6.87. The predicted molar refractivity (Wildman–Crippen MR) is 108 cm³/mol. The molecule has 2 heterocycles. The lowest BCUT2D eigenvalue weighted by Crippen LogP contribution is -2.03. The molecule has 0 amide bonds. The van der Waals surface area contributed by atoms with Crippen molar-refractivity contribution in [1.29, 1.82) is 0 Å². The number of hydrogen-bond acceptors (Lipinski definition) is 5. The molecule has 0 fully saturated rings. The maximum atomic E-state index is 5.27. The summed E-state index contributed by atoms with van der Waals surface area (Å²) in [5.41, 5.74) is 3.49. The summed E-state index contributed by atoms with van der Waals surface area (Å²) in [5, 5.41) is 6.71. The van der Waals surface area contributed by atoms with Crippen LogP contribution in [0.5, 0.6) is 5.75 Å². The molecule has 26 heavy (non-hydrogen) atoms. The molecule has 0 radical (unpaired) electrons. The normalized spacial score (nSPS) is 10.8. The summed E-state index contributed by atoms with van der Waals surface area (Å²) in [6, 6.07) is 18.4. The Bertz CT molecular complexity index is 1030. The fourth-order valence-corrected chi connectivity index (χ4v) is 3.93. The van der Waals surface area contributed by atoms with Gasteiger partial charge in [0.05, 0.1) is 12.5 Å². The summed E-state index contributed by atoms with van der Waals surface area (Å²) >= 11 is 1.65. The Kier molecular flexibility index (Phi) is 4.54. The summed E-state index contributed by atoms with van der Waals surface area (Å²) in [6.45, 7) is 2.66. The number of thiophene rings is 1. The van der Waals surface area contributed by atoms with E-state index in [0.29, 0.717) is 0 Å². The highest BCUT2D eigenvalue weighted by Crippen LogP contribution is 2.37. The molecule has 0 aliphatic rings. The minimum Gasteiger partial charge on any atom is -0.497 e. The third kappa shape index (κ3) is 3.26. The van der Waals surface area contributed by atoms with Gasteiger partial charge in [-0.3, -0.25) is 0 Å². The summed E-state index contributed by atoms with van der Waals surface area (Å²) in [6.07, 6.45) is 0. The minimum absolute atomic E-state index is 0.726. The average Bonchev–Trinajstić information content (AvgIpc) is 3.11. The molecule has 0 bridgehead atoms. The van der Waals surface area contributed by atoms with E-state index in [9.17, 15) is 0 Å². The molecule has 0 spiro atoms. The Hall–Kier alpha value is -2.92. The highest BCUT2D eigenvalue weighted by molar-refractivity contribution is 7.17. The Morgan fingerprint density at radius 2 is 1.77 bits per heavy atom. The molecule has 0 atom stereocenters. The highest BCUT2D eigenvalue weighted by atomic mass is 32.1. The molecule has 4 rings (SSSR count). The molecule has 1 N–H and O–H groups in total. The number of aromatic nitrogens is 2. The Morgan fingerprint density at radius 1 is 1.00 bits per heavy atom. The zero-order valence-corrected chi connectivity index (χ0v) is 15.5. The van der Waals surface area contributed by atoms with Gasteiger partial charge in [0, 0.05) is 17.5 Å². The van der Waals surface area contributed by atoms with Gasteiger partial charge in [-0.05, 0) is 30.2 Å². The van der Waals surface area contributed by atoms with Gasteiger partial charge in [-0.15, -0.1) is 11.3 Å². The van der Waals surface area contributed by atoms with Crippen LogP contribution < -0.4 is 10.1 Å². The second kappa shape index (κ2) is 7.14. The number of nitrogens with one attached hydrogen (secondary N) is 1. The largest absolute Gasteiger partial charge is 0.497 e. The lowest BCUT2D eigenvalue weighted by atomic mass is 10.1. The van der Waals surface area contributed by atoms with Gasteiger partial charge in [-0.1, -0.05) is 42.5 Å². The van der Waals surface area contributed by atoms with Crippen LogP contribution in [0.2, 0.25) is 0 Å². The summed E-state index contributed by atoms with van der Waals surface area (Å²) in [4.78, 5) is 10.3. The van der Waals surface area contributed by atoms with Crippen molar-refractivity contribution < 1.29 is 4.74 Å². The molecule has 0 aliphatic carbocycles. The number of rotatable bonds is 5. The van der Waals surface area contributed by atoms with Crippen LogP contribution in [0.25, 0.3) is 21.3 Å². The zero-order valence-electron chi connectivity index (χ0n) is 14.7. The van der Waals surface area contributed by atoms with Crippen molar-refractivity contribution in [2.24, 2.45) is 0 Å². The lowest BCUT2D eigenvalue weighted by molar-refractivity contribution is 0.415. The van der Waals surface area contributed by atoms with Crippen LogP contribution in [0.1, 0.15) is 11.4 Å². The molecule has 130 valence electrons. The van der Waals surface area contributed by atoms with E-state index in [1.54, 1.807) is 18.4 Å². The first-order valence-corrected chi connectivity index (χ1v) is 9.30. The van der Waals surface area contributed by atoms with Gasteiger partial charge in [-0.2, -0.15) is 0 Å². The van der Waals surface area contributed by atoms with Gasteiger partial charge in [0.2, 0.25) is 0 Å². The third-order valence-corrected chi connectivity index (χ3v) is 5.12. The smallest absolute Gasteiger partial charge is 0.139 e. The molecular weight excluding hydrogens is 342 g/mol. The average molecular weight is 361 g/mol. The van der Waals surface area contributed by atoms with Crippen LogP contribution in [-0.2, 0) is 6.54 Å². The van der Waals surface area contributed by atoms with E-state index in [-0.39, 0.29) is 0 Å². The third-order valence-electron chi connectivity index (χ3n) is 4.25. The molecule has 0 saturated carbocycles. The number of nitrogens with zero attached hydrogens (tertiary/aromatic N) is 2. The lowest BCUT2D eigenvalue weighted by Gasteiger charge is -2.10. The number of aryl methyl sites for hydroxylation is 1. The molecule has 4 nitrogen and oxygen atoms in total. The number of benzene rings is 2. The molecule has 4 aromatic rings. The van der Waals surface area contributed by atoms with E-state index >= 15 is 0 Å². The predicted octanol–water partition coefficient (Wildman–Crippen LogP) is 5.29. The molecule has 2 aromatic carbocycles. The van der Waals surface area contributed by atoms with Crippen molar-refractivity contribution in [1.82, 2.24) is 9.97 Å². The Labute approximate surface area is 156 Å². The molecular formula is C21H19N3OS. The van der Waals surface area contributed by atoms with Gasteiger partial charge in [0.25, 0.3) is 0 Å². The van der Waals surface area contributed by atoms with Gasteiger partial charge < -0.3 is 10.1 Å². The number of anilines is 1. The van der Waals surface area contributed by atoms with Crippen LogP contribution >= 0.6 is 11.3 Å². The second-order valence-electron chi connectivity index (χ2n) is 6.02. The first-order chi connectivity index (χ1) is 12.7. The van der Waals surface area contributed by atoms with Crippen molar-refractivity contribution in [2.45, 2.75) is 13.5 Å². The monoisotopic (exact) mass is 361 g/mol. The fraction of sp³-hybridized carbons (Fsp3) is 0.143. The van der Waals surface area contributed by atoms with E-state index in [2.05, 4.69) is 44.9 Å². The number of fused-ring (bicyclic) bond motifs is 1. The number of ether oxygens (including phenoxy) is 1. The Morgan fingerprint density at radius 3 is 2.50 bits per heavy atom. The van der Waals surface area contributed by atoms with Gasteiger partial charge >= 0.3 is 0 Å². The van der Waals surface area contributed by atoms with Gasteiger partial charge in [0.15, 0.2) is 0 Å². The van der Waals surface area contributed by atoms with Crippen molar-refractivity contribution >= 4 is 27.4 Å². The van der Waals surface area contributed by atoms with E-state index in [4.69, 9.17) is 4.74 Å². The van der Waals surface area contributed by atoms with Gasteiger partial charge in [-0.25, -0.2) is 9.97 Å². The summed E-state index contributed by atoms with van der Waals surface area (Å²) in [5.74, 6) is 2.50. The summed E-state index contributed by atoms with van der Waals surface area (Å²) < 4.78 is 5.27. The topological polar surface area (TPSA) is 47.0 Å². The van der Waals surface area contributed by atoms with Crippen LogP contribution in [0, 0.1) is 6.92 Å². The molecule has 0 aliphatic heterocycles. The number of methoxy groups -OCH3 is 1. The van der Waals surface area contributed by atoms with E-state index in [1.165, 1.54) is 5.56 Å². The van der Waals surface area contributed by atoms with Crippen molar-refractivity contribution in [3.05, 3.63) is 71.4 Å². The maximum absolute atomic E-state index is 5.27. The molecule has 5 heteroatoms. The van der Waals surface area contributed by atoms with E-state index in [0.717, 1.165) is 45.3 Å². The highest BCUT2D eigenvalue weighted by Gasteiger charge is 2.14. The van der Waals surface area contributed by atoms with Crippen LogP contribution in [0.3, 0.4) is 0 Å². The fourth-order valence-electron chi connectivity index (χ4n) is 2.94. The minimum atomic E-state index is 0.726.